The van der Waals surface area contributed by atoms with Crippen LogP contribution in [0.15, 0.2) is 60.7 Å². The molecule has 0 aromatic heterocycles. The summed E-state index contributed by atoms with van der Waals surface area (Å²) in [6.45, 7) is 7.41. The number of hydrogen-bond acceptors (Lipinski definition) is 7. The summed E-state index contributed by atoms with van der Waals surface area (Å²) in [5, 5.41) is 20.7. The van der Waals surface area contributed by atoms with E-state index in [1.807, 2.05) is 87.7 Å². The Hall–Kier alpha value is -3.90. The van der Waals surface area contributed by atoms with Crippen molar-refractivity contribution in [1.82, 2.24) is 21.3 Å². The van der Waals surface area contributed by atoms with Crippen LogP contribution in [0.3, 0.4) is 0 Å². The fraction of sp³-hybridized carbons (Fsp3) is 0.514. The molecule has 12 heteroatoms. The number of amides is 4. The van der Waals surface area contributed by atoms with E-state index in [9.17, 15) is 29.1 Å². The molecule has 4 amide bonds. The van der Waals surface area contributed by atoms with Gasteiger partial charge in [0, 0.05) is 6.42 Å². The molecule has 258 valence electrons. The lowest BCUT2D eigenvalue weighted by molar-refractivity contribution is -0.143. The molecule has 7 N–H and O–H groups in total. The van der Waals surface area contributed by atoms with Crippen molar-refractivity contribution in [2.75, 3.05) is 12.0 Å². The minimum Gasteiger partial charge on any atom is -0.480 e. The number of carboxylic acids is 1. The summed E-state index contributed by atoms with van der Waals surface area (Å²) in [7, 11) is 0. The fourth-order valence-electron chi connectivity index (χ4n) is 4.99. The summed E-state index contributed by atoms with van der Waals surface area (Å²) >= 11 is 1.49. The lowest BCUT2D eigenvalue weighted by Gasteiger charge is -2.28. The molecule has 2 rings (SSSR count). The van der Waals surface area contributed by atoms with Gasteiger partial charge < -0.3 is 32.1 Å². The van der Waals surface area contributed by atoms with Crippen molar-refractivity contribution >= 4 is 41.4 Å². The first-order chi connectivity index (χ1) is 22.4. The smallest absolute Gasteiger partial charge is 0.326 e. The van der Waals surface area contributed by atoms with E-state index in [4.69, 9.17) is 5.73 Å². The van der Waals surface area contributed by atoms with Crippen LogP contribution < -0.4 is 27.0 Å². The Morgan fingerprint density at radius 1 is 0.723 bits per heavy atom. The van der Waals surface area contributed by atoms with E-state index in [0.717, 1.165) is 11.1 Å². The Morgan fingerprint density at radius 3 is 1.72 bits per heavy atom. The number of hydrogen-bond donors (Lipinski definition) is 6. The van der Waals surface area contributed by atoms with Crippen LogP contribution in [0.2, 0.25) is 0 Å². The van der Waals surface area contributed by atoms with Gasteiger partial charge >= 0.3 is 5.97 Å². The zero-order valence-electron chi connectivity index (χ0n) is 28.0. The molecule has 11 nitrogen and oxygen atoms in total. The number of nitrogens with one attached hydrogen (secondary N) is 4. The highest BCUT2D eigenvalue weighted by molar-refractivity contribution is 7.98. The predicted octanol–water partition coefficient (Wildman–Crippen LogP) is 2.67. The molecule has 0 unspecified atom stereocenters. The number of rotatable bonds is 20. The summed E-state index contributed by atoms with van der Waals surface area (Å²) in [6, 6.07) is 13.3. The van der Waals surface area contributed by atoms with Gasteiger partial charge in [0.2, 0.25) is 23.6 Å². The van der Waals surface area contributed by atoms with Crippen LogP contribution in [-0.2, 0) is 36.8 Å². The Bertz CT molecular complexity index is 1300. The van der Waals surface area contributed by atoms with E-state index in [1.54, 1.807) is 6.92 Å². The van der Waals surface area contributed by atoms with Gasteiger partial charge in [0.1, 0.15) is 24.2 Å². The van der Waals surface area contributed by atoms with Crippen LogP contribution in [0.4, 0.5) is 0 Å². The van der Waals surface area contributed by atoms with Gasteiger partial charge in [-0.15, -0.1) is 0 Å². The van der Waals surface area contributed by atoms with Crippen molar-refractivity contribution in [1.29, 1.82) is 0 Å². The van der Waals surface area contributed by atoms with Gasteiger partial charge in [-0.1, -0.05) is 94.8 Å². The standard InChI is InChI=1S/C35H51N5O6S/c1-6-23(4)30(35(45)46)40-34(44)29(21-25-15-11-8-12-16-25)39-32(42)27(17-18-47-5)37-33(43)28(19-22(2)3)38-31(41)26(36)20-24-13-9-7-10-14-24/h7-16,22-23,26-30H,6,17-21,36H2,1-5H3,(H,37,43)(H,38,41)(H,39,42)(H,40,44)(H,45,46)/t23-,26-,27-,28-,29-,30-/m0/s1. The topological polar surface area (TPSA) is 180 Å². The molecule has 47 heavy (non-hydrogen) atoms. The first-order valence-electron chi connectivity index (χ1n) is 16.1. The SMILES string of the molecule is CC[C@H](C)[C@H](NC(=O)[C@H](Cc1ccccc1)NC(=O)[C@H](CCSC)NC(=O)[C@H](CC(C)C)NC(=O)[C@@H](N)Cc1ccccc1)C(=O)O. The molecular weight excluding hydrogens is 618 g/mol. The summed E-state index contributed by atoms with van der Waals surface area (Å²) < 4.78 is 0. The van der Waals surface area contributed by atoms with Crippen LogP contribution >= 0.6 is 11.8 Å². The lowest BCUT2D eigenvalue weighted by Crippen LogP contribution is -2.59. The van der Waals surface area contributed by atoms with Crippen molar-refractivity contribution in [3.63, 3.8) is 0 Å². The number of carboxylic acid groups (broad SMARTS) is 1. The number of benzene rings is 2. The third kappa shape index (κ3) is 13.8. The van der Waals surface area contributed by atoms with Gasteiger partial charge in [-0.3, -0.25) is 19.2 Å². The molecule has 0 saturated carbocycles. The number of thioether (sulfide) groups is 1. The Balaban J connectivity index is 2.25. The van der Waals surface area contributed by atoms with Gasteiger partial charge in [0.25, 0.3) is 0 Å². The molecule has 0 bridgehead atoms. The number of aliphatic carboxylic acids is 1. The maximum Gasteiger partial charge on any atom is 0.326 e. The van der Waals surface area contributed by atoms with Crippen LogP contribution in [0.5, 0.6) is 0 Å². The largest absolute Gasteiger partial charge is 0.480 e. The molecule has 0 aliphatic heterocycles. The normalized spacial score (nSPS) is 15.0. The highest BCUT2D eigenvalue weighted by atomic mass is 32.2. The van der Waals surface area contributed by atoms with E-state index in [-0.39, 0.29) is 24.7 Å². The zero-order chi connectivity index (χ0) is 34.9. The lowest BCUT2D eigenvalue weighted by atomic mass is 9.98. The third-order valence-electron chi connectivity index (χ3n) is 7.91. The molecule has 2 aromatic rings. The molecule has 0 saturated heterocycles. The van der Waals surface area contributed by atoms with E-state index >= 15 is 0 Å². The second-order valence-electron chi connectivity index (χ2n) is 12.3. The number of carbonyl (C=O) groups excluding carboxylic acids is 4. The van der Waals surface area contributed by atoms with Crippen molar-refractivity contribution in [2.24, 2.45) is 17.6 Å². The third-order valence-corrected chi connectivity index (χ3v) is 8.56. The highest BCUT2D eigenvalue weighted by Gasteiger charge is 2.33. The van der Waals surface area contributed by atoms with Crippen molar-refractivity contribution in [3.05, 3.63) is 71.8 Å². The van der Waals surface area contributed by atoms with Crippen LogP contribution in [0.25, 0.3) is 0 Å². The van der Waals surface area contributed by atoms with Gasteiger partial charge in [-0.05, 0) is 54.2 Å². The monoisotopic (exact) mass is 669 g/mol. The molecule has 0 fully saturated rings. The van der Waals surface area contributed by atoms with Gasteiger partial charge in [-0.25, -0.2) is 4.79 Å². The highest BCUT2D eigenvalue weighted by Crippen LogP contribution is 2.12. The second kappa shape index (κ2) is 20.4. The van der Waals surface area contributed by atoms with Gasteiger partial charge in [0.15, 0.2) is 0 Å². The number of carbonyl (C=O) groups is 5. The first-order valence-corrected chi connectivity index (χ1v) is 17.5. The molecule has 2 aromatic carbocycles. The predicted molar refractivity (Wildman–Crippen MR) is 186 cm³/mol. The van der Waals surface area contributed by atoms with Crippen LogP contribution in [0, 0.1) is 11.8 Å². The maximum absolute atomic E-state index is 13.7. The van der Waals surface area contributed by atoms with Crippen LogP contribution in [0.1, 0.15) is 58.1 Å². The first kappa shape index (κ1) is 39.3. The van der Waals surface area contributed by atoms with Gasteiger partial charge in [0.05, 0.1) is 6.04 Å². The van der Waals surface area contributed by atoms with Crippen molar-refractivity contribution < 1.29 is 29.1 Å². The van der Waals surface area contributed by atoms with E-state index < -0.39 is 59.8 Å². The minimum atomic E-state index is -1.16. The Labute approximate surface area is 282 Å². The van der Waals surface area contributed by atoms with Crippen molar-refractivity contribution in [2.45, 2.75) is 90.0 Å². The minimum absolute atomic E-state index is 0.0431. The average molecular weight is 670 g/mol. The molecule has 0 aliphatic rings. The Kier molecular flexibility index (Phi) is 17.0. The number of nitrogens with two attached hydrogens (primary N) is 1. The van der Waals surface area contributed by atoms with Gasteiger partial charge in [-0.2, -0.15) is 11.8 Å². The summed E-state index contributed by atoms with van der Waals surface area (Å²) in [5.41, 5.74) is 7.84. The van der Waals surface area contributed by atoms with E-state index in [1.165, 1.54) is 11.8 Å². The second-order valence-corrected chi connectivity index (χ2v) is 13.3. The summed E-state index contributed by atoms with van der Waals surface area (Å²) in [4.78, 5) is 65.8. The summed E-state index contributed by atoms with van der Waals surface area (Å²) in [6.07, 6.45) is 3.39. The van der Waals surface area contributed by atoms with E-state index in [2.05, 4.69) is 21.3 Å². The zero-order valence-corrected chi connectivity index (χ0v) is 28.8. The summed E-state index contributed by atoms with van der Waals surface area (Å²) in [5.74, 6) is -3.17. The van der Waals surface area contributed by atoms with Crippen LogP contribution in [-0.4, -0.2) is 76.9 Å². The maximum atomic E-state index is 13.7. The molecule has 0 heterocycles. The fourth-order valence-corrected chi connectivity index (χ4v) is 5.46. The molecular formula is C35H51N5O6S. The molecule has 0 spiro atoms. The Morgan fingerprint density at radius 2 is 1.21 bits per heavy atom. The molecule has 0 aliphatic carbocycles. The quantitative estimate of drug-likeness (QED) is 0.125. The molecule has 6 atom stereocenters. The van der Waals surface area contributed by atoms with Crippen molar-refractivity contribution in [3.8, 4) is 0 Å². The average Bonchev–Trinajstić information content (AvgIpc) is 3.04. The molecule has 0 radical (unpaired) electrons. The van der Waals surface area contributed by atoms with E-state index in [0.29, 0.717) is 25.0 Å².